The van der Waals surface area contributed by atoms with Crippen molar-refractivity contribution in [3.63, 3.8) is 0 Å². The summed E-state index contributed by atoms with van der Waals surface area (Å²) in [5.41, 5.74) is -4.19. The number of alkyl halides is 3. The molecule has 5 nitrogen and oxygen atoms in total. The highest BCUT2D eigenvalue weighted by atomic mass is 32.2. The molecule has 2 rings (SSSR count). The van der Waals surface area contributed by atoms with Gasteiger partial charge in [0.1, 0.15) is 6.10 Å². The normalized spacial score (nSPS) is 18.7. The summed E-state index contributed by atoms with van der Waals surface area (Å²) < 4.78 is 62.6. The number of aryl methyl sites for hydroxylation is 1. The predicted octanol–water partition coefficient (Wildman–Crippen LogP) is 4.50. The van der Waals surface area contributed by atoms with Crippen molar-refractivity contribution in [2.45, 2.75) is 51.1 Å². The molecule has 1 aromatic rings. The number of sulfonamides is 1. The number of benzene rings is 1. The summed E-state index contributed by atoms with van der Waals surface area (Å²) in [7, 11) is -5.52. The number of rotatable bonds is 6. The van der Waals surface area contributed by atoms with E-state index in [2.05, 4.69) is 5.16 Å². The van der Waals surface area contributed by atoms with Gasteiger partial charge in [-0.2, -0.15) is 21.6 Å². The minimum absolute atomic E-state index is 0.184. The van der Waals surface area contributed by atoms with Gasteiger partial charge < -0.3 is 4.84 Å². The Labute approximate surface area is 151 Å². The molecule has 1 N–H and O–H groups in total. The van der Waals surface area contributed by atoms with Crippen LogP contribution in [0, 0.1) is 6.92 Å². The monoisotopic (exact) mass is 390 g/mol. The third kappa shape index (κ3) is 5.00. The van der Waals surface area contributed by atoms with Crippen molar-refractivity contribution < 1.29 is 26.4 Å². The van der Waals surface area contributed by atoms with Crippen molar-refractivity contribution in [2.24, 2.45) is 5.16 Å². The van der Waals surface area contributed by atoms with Gasteiger partial charge in [-0.15, -0.1) is 0 Å². The van der Waals surface area contributed by atoms with Crippen LogP contribution in [0.4, 0.5) is 18.9 Å². The van der Waals surface area contributed by atoms with Crippen molar-refractivity contribution in [3.05, 3.63) is 41.5 Å². The first-order chi connectivity index (χ1) is 12.1. The lowest BCUT2D eigenvalue weighted by Gasteiger charge is -2.17. The van der Waals surface area contributed by atoms with Crippen LogP contribution >= 0.6 is 0 Å². The second kappa shape index (κ2) is 8.11. The Balaban J connectivity index is 2.35. The minimum Gasteiger partial charge on any atom is -0.388 e. The third-order valence-electron chi connectivity index (χ3n) is 3.88. The molecule has 0 bridgehead atoms. The topological polar surface area (TPSA) is 67.8 Å². The fourth-order valence-corrected chi connectivity index (χ4v) is 3.08. The molecule has 0 aromatic heterocycles. The van der Waals surface area contributed by atoms with E-state index in [1.807, 2.05) is 12.2 Å². The molecule has 0 radical (unpaired) electrons. The van der Waals surface area contributed by atoms with E-state index >= 15 is 0 Å². The Morgan fingerprint density at radius 2 is 2.12 bits per heavy atom. The number of hydrogen-bond donors (Lipinski definition) is 1. The fraction of sp³-hybridized carbons (Fsp3) is 0.471. The van der Waals surface area contributed by atoms with Gasteiger partial charge in [0, 0.05) is 5.56 Å². The van der Waals surface area contributed by atoms with Crippen LogP contribution in [0.3, 0.4) is 0 Å². The molecule has 0 saturated heterocycles. The lowest BCUT2D eigenvalue weighted by Crippen LogP contribution is -2.30. The highest BCUT2D eigenvalue weighted by Crippen LogP contribution is 2.28. The number of anilines is 1. The van der Waals surface area contributed by atoms with Gasteiger partial charge in [0.15, 0.2) is 0 Å². The molecular weight excluding hydrogens is 369 g/mol. The lowest BCUT2D eigenvalue weighted by atomic mass is 10.0. The number of allylic oxidation sites excluding steroid dienone is 1. The van der Waals surface area contributed by atoms with Gasteiger partial charge in [-0.25, -0.2) is 0 Å². The van der Waals surface area contributed by atoms with E-state index in [4.69, 9.17) is 4.84 Å². The van der Waals surface area contributed by atoms with E-state index in [-0.39, 0.29) is 17.4 Å². The predicted molar refractivity (Wildman–Crippen MR) is 94.5 cm³/mol. The number of hydrogen-bond acceptors (Lipinski definition) is 4. The molecule has 1 aliphatic carbocycles. The average molecular weight is 390 g/mol. The van der Waals surface area contributed by atoms with E-state index in [1.54, 1.807) is 24.6 Å². The Morgan fingerprint density at radius 1 is 1.38 bits per heavy atom. The first-order valence-electron chi connectivity index (χ1n) is 8.23. The van der Waals surface area contributed by atoms with Gasteiger partial charge in [-0.05, 0) is 50.8 Å². The molecule has 0 heterocycles. The van der Waals surface area contributed by atoms with Gasteiger partial charge >= 0.3 is 15.5 Å². The van der Waals surface area contributed by atoms with Crippen LogP contribution in [0.25, 0.3) is 0 Å². The molecule has 0 saturated carbocycles. The van der Waals surface area contributed by atoms with Crippen molar-refractivity contribution in [1.82, 2.24) is 0 Å². The average Bonchev–Trinajstić information content (AvgIpc) is 2.57. The van der Waals surface area contributed by atoms with Crippen LogP contribution in [0.2, 0.25) is 0 Å². The Morgan fingerprint density at radius 3 is 2.69 bits per heavy atom. The van der Waals surface area contributed by atoms with Crippen LogP contribution < -0.4 is 4.72 Å². The highest BCUT2D eigenvalue weighted by Gasteiger charge is 2.46. The molecule has 0 spiro atoms. The fourth-order valence-electron chi connectivity index (χ4n) is 2.49. The standard InChI is InChI=1S/C17H21F3N2O3S/c1-3-15(21-25-13-7-5-4-6-8-13)14-11-12(2)9-10-16(14)22-26(23,24)17(18,19)20/h5,7,9-11,13,22H,3-4,6,8H2,1-2H3/b21-15+. The highest BCUT2D eigenvalue weighted by molar-refractivity contribution is 7.93. The summed E-state index contributed by atoms with van der Waals surface area (Å²) in [4.78, 5) is 5.48. The van der Waals surface area contributed by atoms with Crippen molar-refractivity contribution in [3.8, 4) is 0 Å². The summed E-state index contributed by atoms with van der Waals surface area (Å²) in [6, 6.07) is 4.39. The van der Waals surface area contributed by atoms with E-state index in [0.717, 1.165) is 24.8 Å². The maximum absolute atomic E-state index is 12.7. The van der Waals surface area contributed by atoms with Crippen LogP contribution in [0.5, 0.6) is 0 Å². The second-order valence-corrected chi connectivity index (χ2v) is 7.67. The third-order valence-corrected chi connectivity index (χ3v) is 4.98. The zero-order chi connectivity index (χ0) is 19.4. The summed E-state index contributed by atoms with van der Waals surface area (Å²) in [6.07, 6.45) is 6.81. The molecule has 0 aliphatic heterocycles. The molecule has 26 heavy (non-hydrogen) atoms. The van der Waals surface area contributed by atoms with Gasteiger partial charge in [-0.3, -0.25) is 4.72 Å². The first-order valence-corrected chi connectivity index (χ1v) is 9.72. The van der Waals surface area contributed by atoms with Gasteiger partial charge in [0.05, 0.1) is 11.4 Å². The SMILES string of the molecule is CC/C(=N\OC1C=CCCC1)c1cc(C)ccc1NS(=O)(=O)C(F)(F)F. The Hall–Kier alpha value is -2.03. The maximum atomic E-state index is 12.7. The number of halogens is 3. The molecule has 1 unspecified atom stereocenters. The maximum Gasteiger partial charge on any atom is 0.516 e. The molecule has 1 aliphatic rings. The summed E-state index contributed by atoms with van der Waals surface area (Å²) in [5.74, 6) is 0. The van der Waals surface area contributed by atoms with E-state index in [1.165, 1.54) is 12.1 Å². The lowest BCUT2D eigenvalue weighted by molar-refractivity contribution is -0.0429. The number of nitrogens with zero attached hydrogens (tertiary/aromatic N) is 1. The van der Waals surface area contributed by atoms with Gasteiger partial charge in [0.2, 0.25) is 0 Å². The van der Waals surface area contributed by atoms with E-state index in [9.17, 15) is 21.6 Å². The molecule has 9 heteroatoms. The zero-order valence-corrected chi connectivity index (χ0v) is 15.3. The summed E-state index contributed by atoms with van der Waals surface area (Å²) in [6.45, 7) is 3.52. The van der Waals surface area contributed by atoms with Crippen molar-refractivity contribution in [1.29, 1.82) is 0 Å². The molecule has 144 valence electrons. The number of oxime groups is 1. The van der Waals surface area contributed by atoms with Crippen LogP contribution in [0.15, 0.2) is 35.5 Å². The second-order valence-electron chi connectivity index (χ2n) is 5.99. The zero-order valence-electron chi connectivity index (χ0n) is 14.5. The minimum atomic E-state index is -5.52. The summed E-state index contributed by atoms with van der Waals surface area (Å²) >= 11 is 0. The van der Waals surface area contributed by atoms with Crippen molar-refractivity contribution in [2.75, 3.05) is 4.72 Å². The number of nitrogens with one attached hydrogen (secondary N) is 1. The Bertz CT molecular complexity index is 802. The largest absolute Gasteiger partial charge is 0.516 e. The molecular formula is C17H21F3N2O3S. The van der Waals surface area contributed by atoms with E-state index < -0.39 is 15.5 Å². The van der Waals surface area contributed by atoms with Gasteiger partial charge in [-0.1, -0.05) is 29.8 Å². The summed E-state index contributed by atoms with van der Waals surface area (Å²) in [5, 5.41) is 4.08. The molecule has 0 fully saturated rings. The van der Waals surface area contributed by atoms with Crippen LogP contribution in [-0.4, -0.2) is 25.7 Å². The smallest absolute Gasteiger partial charge is 0.388 e. The van der Waals surface area contributed by atoms with Crippen molar-refractivity contribution >= 4 is 21.4 Å². The quantitative estimate of drug-likeness (QED) is 0.442. The Kier molecular flexibility index (Phi) is 6.33. The van der Waals surface area contributed by atoms with Crippen LogP contribution in [0.1, 0.15) is 43.7 Å². The first kappa shape index (κ1) is 20.3. The van der Waals surface area contributed by atoms with Crippen LogP contribution in [-0.2, 0) is 14.9 Å². The molecule has 0 amide bonds. The molecule has 1 atom stereocenters. The molecule has 1 aromatic carbocycles. The van der Waals surface area contributed by atoms with Gasteiger partial charge in [0.25, 0.3) is 0 Å². The van der Waals surface area contributed by atoms with E-state index in [0.29, 0.717) is 12.1 Å².